The van der Waals surface area contributed by atoms with E-state index in [2.05, 4.69) is 36.1 Å². The second-order valence-electron chi connectivity index (χ2n) is 3.51. The summed E-state index contributed by atoms with van der Waals surface area (Å²) in [5.74, 6) is 0.0577. The molecule has 0 fully saturated rings. The number of aromatic amines is 1. The lowest BCUT2D eigenvalue weighted by Crippen LogP contribution is -1.89. The molecule has 0 aliphatic heterocycles. The fourth-order valence-electron chi connectivity index (χ4n) is 1.67. The maximum Gasteiger partial charge on any atom is 0.158 e. The Kier molecular flexibility index (Phi) is 2.36. The molecular formula is C11H6BrFN4. The van der Waals surface area contributed by atoms with E-state index in [1.807, 2.05) is 0 Å². The third-order valence-corrected chi connectivity index (χ3v) is 3.10. The van der Waals surface area contributed by atoms with Crippen LogP contribution in [0, 0.1) is 5.82 Å². The Hall–Kier alpha value is -1.82. The van der Waals surface area contributed by atoms with E-state index in [1.54, 1.807) is 18.5 Å². The van der Waals surface area contributed by atoms with Crippen LogP contribution < -0.4 is 0 Å². The van der Waals surface area contributed by atoms with Crippen LogP contribution >= 0.6 is 15.9 Å². The van der Waals surface area contributed by atoms with Gasteiger partial charge in [-0.05, 0) is 33.4 Å². The van der Waals surface area contributed by atoms with Crippen LogP contribution in [-0.4, -0.2) is 20.2 Å². The fourth-order valence-corrected chi connectivity index (χ4v) is 2.13. The second-order valence-corrected chi connectivity index (χ2v) is 4.36. The summed E-state index contributed by atoms with van der Waals surface area (Å²) in [6.07, 6.45) is 4.64. The molecule has 84 valence electrons. The van der Waals surface area contributed by atoms with Gasteiger partial charge in [-0.15, -0.1) is 0 Å². The van der Waals surface area contributed by atoms with Crippen LogP contribution in [0.25, 0.3) is 22.2 Å². The molecule has 0 radical (unpaired) electrons. The van der Waals surface area contributed by atoms with Crippen molar-refractivity contribution in [2.45, 2.75) is 0 Å². The summed E-state index contributed by atoms with van der Waals surface area (Å²) < 4.78 is 14.7. The molecule has 0 atom stereocenters. The molecule has 0 unspecified atom stereocenters. The molecule has 4 nitrogen and oxygen atoms in total. The van der Waals surface area contributed by atoms with Crippen molar-refractivity contribution in [2.75, 3.05) is 0 Å². The summed E-state index contributed by atoms with van der Waals surface area (Å²) in [5, 5.41) is 7.98. The van der Waals surface area contributed by atoms with E-state index in [0.29, 0.717) is 11.4 Å². The first-order chi connectivity index (χ1) is 8.25. The Morgan fingerprint density at radius 1 is 1.24 bits per heavy atom. The van der Waals surface area contributed by atoms with Crippen molar-refractivity contribution >= 4 is 26.7 Å². The van der Waals surface area contributed by atoms with Gasteiger partial charge in [0.15, 0.2) is 5.82 Å². The zero-order valence-corrected chi connectivity index (χ0v) is 10.1. The van der Waals surface area contributed by atoms with Gasteiger partial charge in [-0.1, -0.05) is 0 Å². The van der Waals surface area contributed by atoms with Crippen molar-refractivity contribution in [3.05, 3.63) is 41.1 Å². The molecule has 0 saturated carbocycles. The predicted octanol–water partition coefficient (Wildman–Crippen LogP) is 2.92. The van der Waals surface area contributed by atoms with E-state index in [-0.39, 0.29) is 5.82 Å². The first-order valence-electron chi connectivity index (χ1n) is 4.84. The van der Waals surface area contributed by atoms with Crippen LogP contribution in [0.15, 0.2) is 35.3 Å². The van der Waals surface area contributed by atoms with Crippen LogP contribution in [0.2, 0.25) is 0 Å². The number of nitrogens with zero attached hydrogens (tertiary/aromatic N) is 3. The molecule has 0 amide bonds. The summed E-state index contributed by atoms with van der Waals surface area (Å²) in [4.78, 5) is 7.94. The number of aromatic nitrogens is 4. The largest absolute Gasteiger partial charge is 0.263 e. The number of rotatable bonds is 1. The molecule has 2 heterocycles. The molecule has 1 aromatic carbocycles. The zero-order chi connectivity index (χ0) is 11.8. The highest BCUT2D eigenvalue weighted by Gasteiger charge is 2.11. The number of benzene rings is 1. The number of halogens is 2. The normalized spacial score (nSPS) is 10.9. The Labute approximate surface area is 104 Å². The van der Waals surface area contributed by atoms with Crippen LogP contribution in [0.1, 0.15) is 0 Å². The number of hydrogen-bond acceptors (Lipinski definition) is 3. The van der Waals surface area contributed by atoms with Gasteiger partial charge in [-0.3, -0.25) is 10.1 Å². The molecule has 6 heteroatoms. The lowest BCUT2D eigenvalue weighted by molar-refractivity contribution is 0.632. The van der Waals surface area contributed by atoms with Gasteiger partial charge in [-0.2, -0.15) is 5.10 Å². The van der Waals surface area contributed by atoms with Crippen LogP contribution in [0.4, 0.5) is 4.39 Å². The molecule has 0 spiro atoms. The van der Waals surface area contributed by atoms with Crippen molar-refractivity contribution in [1.29, 1.82) is 0 Å². The average molecular weight is 293 g/mol. The summed E-state index contributed by atoms with van der Waals surface area (Å²) in [6.45, 7) is 0. The highest BCUT2D eigenvalue weighted by Crippen LogP contribution is 2.29. The molecule has 0 aliphatic rings. The summed E-state index contributed by atoms with van der Waals surface area (Å²) in [5.41, 5.74) is 0.391. The number of nitrogens with one attached hydrogen (secondary N) is 1. The van der Waals surface area contributed by atoms with E-state index < -0.39 is 0 Å². The molecular weight excluding hydrogens is 287 g/mol. The maximum atomic E-state index is 13.9. The topological polar surface area (TPSA) is 54.5 Å². The first kappa shape index (κ1) is 10.3. The number of hydrogen-bond donors (Lipinski definition) is 1. The van der Waals surface area contributed by atoms with Gasteiger partial charge >= 0.3 is 0 Å². The van der Waals surface area contributed by atoms with Crippen LogP contribution in [-0.2, 0) is 0 Å². The van der Waals surface area contributed by atoms with Gasteiger partial charge in [0.25, 0.3) is 0 Å². The van der Waals surface area contributed by atoms with Crippen molar-refractivity contribution in [3.63, 3.8) is 0 Å². The molecule has 17 heavy (non-hydrogen) atoms. The zero-order valence-electron chi connectivity index (χ0n) is 8.48. The predicted molar refractivity (Wildman–Crippen MR) is 64.8 cm³/mol. The Morgan fingerprint density at radius 2 is 2.12 bits per heavy atom. The highest BCUT2D eigenvalue weighted by atomic mass is 79.9. The van der Waals surface area contributed by atoms with E-state index in [4.69, 9.17) is 0 Å². The Balaban J connectivity index is 2.34. The van der Waals surface area contributed by atoms with Crippen molar-refractivity contribution in [1.82, 2.24) is 20.2 Å². The SMILES string of the molecule is Fc1cc2cncc(Br)c2cc1-c1ncn[nH]1. The third kappa shape index (κ3) is 1.70. The summed E-state index contributed by atoms with van der Waals surface area (Å²) in [7, 11) is 0. The molecule has 0 saturated heterocycles. The highest BCUT2D eigenvalue weighted by molar-refractivity contribution is 9.10. The van der Waals surface area contributed by atoms with Crippen LogP contribution in [0.3, 0.4) is 0 Å². The van der Waals surface area contributed by atoms with E-state index in [0.717, 1.165) is 15.2 Å². The quantitative estimate of drug-likeness (QED) is 0.750. The lowest BCUT2D eigenvalue weighted by Gasteiger charge is -2.04. The van der Waals surface area contributed by atoms with Crippen molar-refractivity contribution < 1.29 is 4.39 Å². The monoisotopic (exact) mass is 292 g/mol. The molecule has 2 aromatic heterocycles. The fraction of sp³-hybridized carbons (Fsp3) is 0. The van der Waals surface area contributed by atoms with Gasteiger partial charge in [0, 0.05) is 22.3 Å². The van der Waals surface area contributed by atoms with E-state index in [9.17, 15) is 4.39 Å². The van der Waals surface area contributed by atoms with Gasteiger partial charge in [0.05, 0.1) is 5.56 Å². The lowest BCUT2D eigenvalue weighted by atomic mass is 10.1. The second kappa shape index (κ2) is 3.89. The average Bonchev–Trinajstić information content (AvgIpc) is 2.82. The van der Waals surface area contributed by atoms with E-state index >= 15 is 0 Å². The minimum Gasteiger partial charge on any atom is -0.263 e. The Morgan fingerprint density at radius 3 is 2.88 bits per heavy atom. The third-order valence-electron chi connectivity index (χ3n) is 2.47. The number of H-pyrrole nitrogens is 1. The molecule has 3 rings (SSSR count). The van der Waals surface area contributed by atoms with Crippen LogP contribution in [0.5, 0.6) is 0 Å². The van der Waals surface area contributed by atoms with Crippen molar-refractivity contribution in [2.24, 2.45) is 0 Å². The minimum atomic E-state index is -0.353. The van der Waals surface area contributed by atoms with Crippen molar-refractivity contribution in [3.8, 4) is 11.4 Å². The minimum absolute atomic E-state index is 0.353. The molecule has 1 N–H and O–H groups in total. The van der Waals surface area contributed by atoms with Gasteiger partial charge in [0.1, 0.15) is 12.1 Å². The van der Waals surface area contributed by atoms with Gasteiger partial charge in [-0.25, -0.2) is 9.37 Å². The smallest absolute Gasteiger partial charge is 0.158 e. The van der Waals surface area contributed by atoms with E-state index in [1.165, 1.54) is 12.4 Å². The van der Waals surface area contributed by atoms with Gasteiger partial charge < -0.3 is 0 Å². The standard InChI is InChI=1S/C11H6BrFN4/c12-9-4-14-3-6-1-10(13)8(2-7(6)9)11-15-5-16-17-11/h1-5H,(H,15,16,17). The maximum absolute atomic E-state index is 13.9. The summed E-state index contributed by atoms with van der Waals surface area (Å²) in [6, 6.07) is 3.15. The number of pyridine rings is 1. The summed E-state index contributed by atoms with van der Waals surface area (Å²) >= 11 is 3.39. The molecule has 0 aliphatic carbocycles. The van der Waals surface area contributed by atoms with Gasteiger partial charge in [0.2, 0.25) is 0 Å². The molecule has 0 bridgehead atoms. The first-order valence-corrected chi connectivity index (χ1v) is 5.63. The number of fused-ring (bicyclic) bond motifs is 1. The molecule has 3 aromatic rings. The Bertz CT molecular complexity index is 681.